The number of pyridine rings is 1. The van der Waals surface area contributed by atoms with Crippen LogP contribution in [0.3, 0.4) is 0 Å². The summed E-state index contributed by atoms with van der Waals surface area (Å²) in [5.74, 6) is -1.05. The van der Waals surface area contributed by atoms with Crippen LogP contribution in [0.2, 0.25) is 5.02 Å². The molecule has 1 aliphatic carbocycles. The fourth-order valence-electron chi connectivity index (χ4n) is 5.80. The predicted octanol–water partition coefficient (Wildman–Crippen LogP) is 6.77. The molecule has 0 unspecified atom stereocenters. The Bertz CT molecular complexity index is 1870. The lowest BCUT2D eigenvalue weighted by Crippen LogP contribution is -2.40. The summed E-state index contributed by atoms with van der Waals surface area (Å²) in [7, 11) is 0. The van der Waals surface area contributed by atoms with Gasteiger partial charge in [-0.15, -0.1) is 0 Å². The van der Waals surface area contributed by atoms with E-state index in [2.05, 4.69) is 5.32 Å². The number of nitrogens with one attached hydrogen (secondary N) is 1. The van der Waals surface area contributed by atoms with Crippen LogP contribution in [0.15, 0.2) is 71.7 Å². The minimum Gasteiger partial charge on any atom is -0.457 e. The summed E-state index contributed by atoms with van der Waals surface area (Å²) < 4.78 is 63.5. The second-order valence-electron chi connectivity index (χ2n) is 11.3. The van der Waals surface area contributed by atoms with Gasteiger partial charge in [0, 0.05) is 40.4 Å². The van der Waals surface area contributed by atoms with Gasteiger partial charge in [-0.3, -0.25) is 14.2 Å². The van der Waals surface area contributed by atoms with Crippen molar-refractivity contribution in [3.05, 3.63) is 116 Å². The van der Waals surface area contributed by atoms with Gasteiger partial charge in [-0.25, -0.2) is 4.39 Å². The lowest BCUT2D eigenvalue weighted by Gasteiger charge is -2.27. The fourth-order valence-corrected chi connectivity index (χ4v) is 6.02. The van der Waals surface area contributed by atoms with Gasteiger partial charge in [-0.05, 0) is 84.8 Å². The van der Waals surface area contributed by atoms with E-state index in [1.54, 1.807) is 24.3 Å². The van der Waals surface area contributed by atoms with Gasteiger partial charge in [0.2, 0.25) is 5.91 Å². The molecule has 1 aromatic heterocycles. The first-order chi connectivity index (χ1) is 21.3. The third kappa shape index (κ3) is 6.07. The topological polar surface area (TPSA) is 101 Å². The van der Waals surface area contributed by atoms with Gasteiger partial charge < -0.3 is 20.3 Å². The number of amides is 1. The minimum atomic E-state index is -4.81. The fraction of sp³-hybridized carbons (Fsp3) is 0.273. The molecule has 2 aliphatic rings. The number of aliphatic hydroxyl groups excluding tert-OH is 1. The Labute approximate surface area is 259 Å². The number of carbonyl (C=O) groups excluding carboxylic acids is 1. The van der Waals surface area contributed by atoms with E-state index in [1.807, 2.05) is 13.0 Å². The summed E-state index contributed by atoms with van der Waals surface area (Å²) in [6.45, 7) is 1.86. The van der Waals surface area contributed by atoms with E-state index in [1.165, 1.54) is 18.2 Å². The van der Waals surface area contributed by atoms with Crippen LogP contribution < -0.4 is 15.6 Å². The average molecular weight is 643 g/mol. The normalized spacial score (nSPS) is 18.3. The highest BCUT2D eigenvalue weighted by molar-refractivity contribution is 6.31. The largest absolute Gasteiger partial charge is 0.457 e. The number of nitrogens with zero attached hydrogens (tertiary/aromatic N) is 1. The standard InChI is InChI=1S/C33H27ClF4N2O5/c1-16-3-2-4-26-29(16)18-11-21(17-5-6-17)30(35)23(12-18)25(15-28(42)43)39-32(44)31(22-14-20(45-26)7-8-24(22)34)40-10-9-19(13-27(40)41)33(36,37)38/h2-4,7-14,17,25,28,31,42-43H,5-6,15H2,1H3,(H,39,44)/t25-,31+/m1/s1. The first-order valence-corrected chi connectivity index (χ1v) is 14.6. The lowest BCUT2D eigenvalue weighted by molar-refractivity contribution is -0.137. The maximum Gasteiger partial charge on any atom is 0.416 e. The van der Waals surface area contributed by atoms with E-state index >= 15 is 4.39 Å². The number of halogens is 5. The van der Waals surface area contributed by atoms with E-state index < -0.39 is 53.8 Å². The zero-order valence-corrected chi connectivity index (χ0v) is 24.5. The van der Waals surface area contributed by atoms with Crippen LogP contribution >= 0.6 is 11.6 Å². The molecule has 0 radical (unpaired) electrons. The maximum atomic E-state index is 16.3. The summed E-state index contributed by atoms with van der Waals surface area (Å²) in [6, 6.07) is 11.0. The number of benzene rings is 3. The maximum absolute atomic E-state index is 16.3. The van der Waals surface area contributed by atoms with Crippen LogP contribution in [0.5, 0.6) is 11.5 Å². The number of rotatable bonds is 4. The molecule has 234 valence electrons. The summed E-state index contributed by atoms with van der Waals surface area (Å²) in [5.41, 5.74) is 0.0396. The Morgan fingerprint density at radius 3 is 2.42 bits per heavy atom. The highest BCUT2D eigenvalue weighted by Crippen LogP contribution is 2.47. The minimum absolute atomic E-state index is 0.00450. The zero-order valence-electron chi connectivity index (χ0n) is 23.7. The van der Waals surface area contributed by atoms with Crippen LogP contribution in [-0.2, 0) is 11.0 Å². The Morgan fingerprint density at radius 2 is 1.76 bits per heavy atom. The van der Waals surface area contributed by atoms with E-state index in [4.69, 9.17) is 16.3 Å². The van der Waals surface area contributed by atoms with Gasteiger partial charge >= 0.3 is 6.18 Å². The summed E-state index contributed by atoms with van der Waals surface area (Å²) in [6.07, 6.45) is -4.99. The smallest absolute Gasteiger partial charge is 0.416 e. The Balaban J connectivity index is 1.62. The van der Waals surface area contributed by atoms with Crippen molar-refractivity contribution in [1.82, 2.24) is 9.88 Å². The monoisotopic (exact) mass is 642 g/mol. The number of aromatic nitrogens is 1. The molecule has 2 heterocycles. The molecule has 1 amide bonds. The third-order valence-corrected chi connectivity index (χ3v) is 8.44. The van der Waals surface area contributed by atoms with Gasteiger partial charge in [0.15, 0.2) is 6.29 Å². The first kappa shape index (κ1) is 30.8. The Hall–Kier alpha value is -4.19. The average Bonchev–Trinajstić information content (AvgIpc) is 3.80. The molecule has 2 atom stereocenters. The molecule has 12 heteroatoms. The number of alkyl halides is 3. The quantitative estimate of drug-likeness (QED) is 0.169. The molecule has 0 saturated heterocycles. The molecule has 7 nitrogen and oxygen atoms in total. The van der Waals surface area contributed by atoms with Crippen molar-refractivity contribution in [2.45, 2.75) is 56.7 Å². The number of aryl methyl sites for hydroxylation is 1. The molecule has 0 spiro atoms. The first-order valence-electron chi connectivity index (χ1n) is 14.2. The van der Waals surface area contributed by atoms with Crippen LogP contribution in [0.1, 0.15) is 65.1 Å². The molecule has 1 aliphatic heterocycles. The van der Waals surface area contributed by atoms with Gasteiger partial charge in [-0.2, -0.15) is 13.2 Å². The van der Waals surface area contributed by atoms with Crippen LogP contribution in [-0.4, -0.2) is 27.0 Å². The molecule has 6 rings (SSSR count). The molecular formula is C33H27ClF4N2O5. The van der Waals surface area contributed by atoms with Crippen molar-refractivity contribution < 1.29 is 37.3 Å². The van der Waals surface area contributed by atoms with Crippen LogP contribution in [0.4, 0.5) is 17.6 Å². The van der Waals surface area contributed by atoms with Crippen molar-refractivity contribution in [2.75, 3.05) is 0 Å². The van der Waals surface area contributed by atoms with Crippen molar-refractivity contribution in [3.8, 4) is 22.6 Å². The predicted molar refractivity (Wildman–Crippen MR) is 158 cm³/mol. The number of carbonyl (C=O) groups is 1. The molecule has 1 saturated carbocycles. The molecule has 4 bridgehead atoms. The molecule has 4 aromatic rings. The third-order valence-electron chi connectivity index (χ3n) is 8.10. The van der Waals surface area contributed by atoms with E-state index in [-0.39, 0.29) is 27.8 Å². The number of fused-ring (bicyclic) bond motifs is 6. The van der Waals surface area contributed by atoms with Crippen molar-refractivity contribution in [2.24, 2.45) is 0 Å². The number of ether oxygens (including phenoxy) is 1. The van der Waals surface area contributed by atoms with Gasteiger partial charge in [-0.1, -0.05) is 23.7 Å². The molecule has 3 N–H and O–H groups in total. The summed E-state index contributed by atoms with van der Waals surface area (Å²) >= 11 is 6.54. The van der Waals surface area contributed by atoms with Crippen LogP contribution in [0.25, 0.3) is 11.1 Å². The molecule has 3 aromatic carbocycles. The van der Waals surface area contributed by atoms with Crippen molar-refractivity contribution >= 4 is 17.5 Å². The van der Waals surface area contributed by atoms with Crippen molar-refractivity contribution in [1.29, 1.82) is 0 Å². The van der Waals surface area contributed by atoms with E-state index in [0.717, 1.165) is 29.2 Å². The summed E-state index contributed by atoms with van der Waals surface area (Å²) in [4.78, 5) is 27.3. The number of hydrogen-bond donors (Lipinski definition) is 3. The number of hydrogen-bond acceptors (Lipinski definition) is 5. The summed E-state index contributed by atoms with van der Waals surface area (Å²) in [5, 5.41) is 22.6. The van der Waals surface area contributed by atoms with E-state index in [0.29, 0.717) is 34.6 Å². The molecular weight excluding hydrogens is 616 g/mol. The number of aliphatic hydroxyl groups is 2. The van der Waals surface area contributed by atoms with E-state index in [9.17, 15) is 33.0 Å². The highest BCUT2D eigenvalue weighted by atomic mass is 35.5. The second kappa shape index (κ2) is 11.6. The zero-order chi connectivity index (χ0) is 32.2. The van der Waals surface area contributed by atoms with Gasteiger partial charge in [0.1, 0.15) is 23.4 Å². The van der Waals surface area contributed by atoms with Gasteiger partial charge in [0.25, 0.3) is 5.56 Å². The Morgan fingerprint density at radius 1 is 1.02 bits per heavy atom. The second-order valence-corrected chi connectivity index (χ2v) is 11.7. The Kier molecular flexibility index (Phi) is 7.96. The highest BCUT2D eigenvalue weighted by Gasteiger charge is 2.36. The van der Waals surface area contributed by atoms with Crippen LogP contribution in [0, 0.1) is 12.7 Å². The molecule has 1 fully saturated rings. The molecule has 45 heavy (non-hydrogen) atoms. The van der Waals surface area contributed by atoms with Gasteiger partial charge in [0.05, 0.1) is 11.6 Å². The SMILES string of the molecule is Cc1cccc2c1-c1cc(C3CC3)c(F)c(c1)[C@@H](CC(O)O)NC(=O)[C@@H](n1ccc(C(F)(F)F)cc1=O)c1cc(ccc1Cl)O2. The van der Waals surface area contributed by atoms with Crippen molar-refractivity contribution in [3.63, 3.8) is 0 Å². The lowest BCUT2D eigenvalue weighted by atomic mass is 9.90.